The van der Waals surface area contributed by atoms with Crippen LogP contribution in [0.2, 0.25) is 0 Å². The van der Waals surface area contributed by atoms with Crippen molar-refractivity contribution < 1.29 is 19.4 Å². The first-order chi connectivity index (χ1) is 7.58. The van der Waals surface area contributed by atoms with Gasteiger partial charge < -0.3 is 19.9 Å². The van der Waals surface area contributed by atoms with Gasteiger partial charge in [-0.2, -0.15) is 0 Å². The first-order valence-electron chi connectivity index (χ1n) is 5.69. The molecular formula is C11H21NO4. The Bertz CT molecular complexity index is 224. The van der Waals surface area contributed by atoms with E-state index in [2.05, 4.69) is 5.32 Å². The van der Waals surface area contributed by atoms with Crippen LogP contribution in [0, 0.1) is 0 Å². The van der Waals surface area contributed by atoms with E-state index in [9.17, 15) is 9.90 Å². The molecule has 5 nitrogen and oxygen atoms in total. The number of carbonyl (C=O) groups is 1. The minimum absolute atomic E-state index is 0.0329. The lowest BCUT2D eigenvalue weighted by Gasteiger charge is -2.36. The van der Waals surface area contributed by atoms with Gasteiger partial charge in [0.05, 0.1) is 18.2 Å². The molecule has 0 atom stereocenters. The number of rotatable bonds is 5. The molecule has 5 heteroatoms. The van der Waals surface area contributed by atoms with Crippen molar-refractivity contribution in [1.29, 1.82) is 0 Å². The lowest BCUT2D eigenvalue weighted by Crippen LogP contribution is -2.55. The van der Waals surface area contributed by atoms with Crippen molar-refractivity contribution in [1.82, 2.24) is 5.32 Å². The maximum absolute atomic E-state index is 11.6. The molecule has 0 aromatic carbocycles. The summed E-state index contributed by atoms with van der Waals surface area (Å²) in [5.74, 6) is -0.176. The first kappa shape index (κ1) is 13.4. The molecule has 1 saturated heterocycles. The van der Waals surface area contributed by atoms with Crippen molar-refractivity contribution in [3.05, 3.63) is 0 Å². The lowest BCUT2D eigenvalue weighted by molar-refractivity contribution is -0.131. The zero-order chi connectivity index (χ0) is 12.0. The van der Waals surface area contributed by atoms with Gasteiger partial charge in [-0.05, 0) is 26.7 Å². The molecule has 16 heavy (non-hydrogen) atoms. The molecule has 2 N–H and O–H groups in total. The predicted octanol–water partition coefficient (Wildman–Crippen LogP) is 0.0691. The van der Waals surface area contributed by atoms with Gasteiger partial charge in [0.15, 0.2) is 0 Å². The van der Waals surface area contributed by atoms with E-state index in [0.717, 1.165) is 0 Å². The molecule has 1 aliphatic heterocycles. The highest BCUT2D eigenvalue weighted by atomic mass is 16.5. The third-order valence-corrected chi connectivity index (χ3v) is 2.70. The molecule has 0 unspecified atom stereocenters. The summed E-state index contributed by atoms with van der Waals surface area (Å²) in [6.07, 6.45) is 1.33. The molecule has 1 amide bonds. The molecule has 94 valence electrons. The quantitative estimate of drug-likeness (QED) is 0.702. The SMILES string of the molecule is CC(C)OCC(=O)NC1(CO)CCOCC1. The van der Waals surface area contributed by atoms with Crippen molar-refractivity contribution in [2.24, 2.45) is 0 Å². The summed E-state index contributed by atoms with van der Waals surface area (Å²) in [7, 11) is 0. The van der Waals surface area contributed by atoms with E-state index in [-0.39, 0.29) is 25.2 Å². The summed E-state index contributed by atoms with van der Waals surface area (Å²) in [6.45, 7) is 4.90. The molecule has 1 rings (SSSR count). The van der Waals surface area contributed by atoms with Crippen molar-refractivity contribution in [2.45, 2.75) is 38.3 Å². The highest BCUT2D eigenvalue weighted by Crippen LogP contribution is 2.19. The normalized spacial score (nSPS) is 19.8. The van der Waals surface area contributed by atoms with Gasteiger partial charge in [0.1, 0.15) is 6.61 Å². The molecule has 1 heterocycles. The van der Waals surface area contributed by atoms with Gasteiger partial charge in [-0.15, -0.1) is 0 Å². The minimum Gasteiger partial charge on any atom is -0.394 e. The lowest BCUT2D eigenvalue weighted by atomic mass is 9.91. The van der Waals surface area contributed by atoms with Crippen LogP contribution in [0.3, 0.4) is 0 Å². The van der Waals surface area contributed by atoms with Gasteiger partial charge in [0.2, 0.25) is 5.91 Å². The second-order valence-electron chi connectivity index (χ2n) is 4.46. The van der Waals surface area contributed by atoms with Crippen LogP contribution in [0.15, 0.2) is 0 Å². The third-order valence-electron chi connectivity index (χ3n) is 2.70. The number of carbonyl (C=O) groups excluding carboxylic acids is 1. The van der Waals surface area contributed by atoms with E-state index in [1.54, 1.807) is 0 Å². The average Bonchev–Trinajstić information content (AvgIpc) is 2.28. The number of hydrogen-bond donors (Lipinski definition) is 2. The van der Waals surface area contributed by atoms with Gasteiger partial charge in [-0.3, -0.25) is 4.79 Å². The van der Waals surface area contributed by atoms with Crippen molar-refractivity contribution >= 4 is 5.91 Å². The fourth-order valence-corrected chi connectivity index (χ4v) is 1.66. The molecule has 1 fully saturated rings. The van der Waals surface area contributed by atoms with Gasteiger partial charge in [-0.25, -0.2) is 0 Å². The van der Waals surface area contributed by atoms with Gasteiger partial charge >= 0.3 is 0 Å². The van der Waals surface area contributed by atoms with Crippen LogP contribution in [0.1, 0.15) is 26.7 Å². The van der Waals surface area contributed by atoms with Crippen LogP contribution in [0.4, 0.5) is 0 Å². The molecule has 0 radical (unpaired) electrons. The monoisotopic (exact) mass is 231 g/mol. The topological polar surface area (TPSA) is 67.8 Å². The number of aliphatic hydroxyl groups is 1. The van der Waals surface area contributed by atoms with Crippen LogP contribution in [0.5, 0.6) is 0 Å². The van der Waals surface area contributed by atoms with E-state index < -0.39 is 5.54 Å². The number of hydrogen-bond acceptors (Lipinski definition) is 4. The molecular weight excluding hydrogens is 210 g/mol. The van der Waals surface area contributed by atoms with Crippen LogP contribution in [-0.2, 0) is 14.3 Å². The number of nitrogens with one attached hydrogen (secondary N) is 1. The Balaban J connectivity index is 2.39. The van der Waals surface area contributed by atoms with Gasteiger partial charge in [0, 0.05) is 13.2 Å². The fourth-order valence-electron chi connectivity index (χ4n) is 1.66. The average molecular weight is 231 g/mol. The van der Waals surface area contributed by atoms with Crippen LogP contribution >= 0.6 is 0 Å². The summed E-state index contributed by atoms with van der Waals surface area (Å²) < 4.78 is 10.4. The van der Waals surface area contributed by atoms with E-state index >= 15 is 0 Å². The fraction of sp³-hybridized carbons (Fsp3) is 0.909. The highest BCUT2D eigenvalue weighted by molar-refractivity contribution is 5.78. The van der Waals surface area contributed by atoms with E-state index in [1.807, 2.05) is 13.8 Å². The smallest absolute Gasteiger partial charge is 0.246 e. The maximum atomic E-state index is 11.6. The van der Waals surface area contributed by atoms with Crippen molar-refractivity contribution in [2.75, 3.05) is 26.4 Å². The molecule has 0 aromatic rings. The van der Waals surface area contributed by atoms with Crippen molar-refractivity contribution in [3.63, 3.8) is 0 Å². The Morgan fingerprint density at radius 1 is 1.50 bits per heavy atom. The second-order valence-corrected chi connectivity index (χ2v) is 4.46. The van der Waals surface area contributed by atoms with E-state index in [0.29, 0.717) is 26.1 Å². The zero-order valence-electron chi connectivity index (χ0n) is 9.99. The molecule has 0 spiro atoms. The Morgan fingerprint density at radius 3 is 2.62 bits per heavy atom. The van der Waals surface area contributed by atoms with Gasteiger partial charge in [-0.1, -0.05) is 0 Å². The first-order valence-corrected chi connectivity index (χ1v) is 5.69. The molecule has 0 aromatic heterocycles. The standard InChI is InChI=1S/C11H21NO4/c1-9(2)16-7-10(14)12-11(8-13)3-5-15-6-4-11/h9,13H,3-8H2,1-2H3,(H,12,14). The van der Waals surface area contributed by atoms with E-state index in [4.69, 9.17) is 9.47 Å². The zero-order valence-corrected chi connectivity index (χ0v) is 9.99. The Hall–Kier alpha value is -0.650. The summed E-state index contributed by atoms with van der Waals surface area (Å²) in [4.78, 5) is 11.6. The molecule has 1 aliphatic rings. The Labute approximate surface area is 96.1 Å². The van der Waals surface area contributed by atoms with Crippen LogP contribution < -0.4 is 5.32 Å². The van der Waals surface area contributed by atoms with Crippen LogP contribution in [0.25, 0.3) is 0 Å². The number of amides is 1. The predicted molar refractivity (Wildman–Crippen MR) is 59.1 cm³/mol. The summed E-state index contributed by atoms with van der Waals surface area (Å²) in [5.41, 5.74) is -0.518. The summed E-state index contributed by atoms with van der Waals surface area (Å²) in [5, 5.41) is 12.2. The Kier molecular flexibility index (Phi) is 5.18. The third kappa shape index (κ3) is 4.08. The summed E-state index contributed by atoms with van der Waals surface area (Å²) >= 11 is 0. The Morgan fingerprint density at radius 2 is 2.12 bits per heavy atom. The number of ether oxygens (including phenoxy) is 2. The number of aliphatic hydroxyl groups excluding tert-OH is 1. The molecule has 0 aliphatic carbocycles. The largest absolute Gasteiger partial charge is 0.394 e. The van der Waals surface area contributed by atoms with E-state index in [1.165, 1.54) is 0 Å². The van der Waals surface area contributed by atoms with Crippen molar-refractivity contribution in [3.8, 4) is 0 Å². The molecule has 0 saturated carbocycles. The molecule has 0 bridgehead atoms. The highest BCUT2D eigenvalue weighted by Gasteiger charge is 2.33. The summed E-state index contributed by atoms with van der Waals surface area (Å²) in [6, 6.07) is 0. The minimum atomic E-state index is -0.518. The van der Waals surface area contributed by atoms with Gasteiger partial charge in [0.25, 0.3) is 0 Å². The van der Waals surface area contributed by atoms with Crippen LogP contribution in [-0.4, -0.2) is 49.1 Å². The maximum Gasteiger partial charge on any atom is 0.246 e. The second kappa shape index (κ2) is 6.18.